The van der Waals surface area contributed by atoms with E-state index in [-0.39, 0.29) is 5.82 Å². The summed E-state index contributed by atoms with van der Waals surface area (Å²) in [6, 6.07) is 2.76. The number of pyridine rings is 1. The van der Waals surface area contributed by atoms with Crippen LogP contribution in [0.2, 0.25) is 0 Å². The van der Waals surface area contributed by atoms with Crippen molar-refractivity contribution in [2.24, 2.45) is 0 Å². The second kappa shape index (κ2) is 4.73. The number of hydrogen-bond donors (Lipinski definition) is 1. The van der Waals surface area contributed by atoms with Gasteiger partial charge in [0.25, 0.3) is 0 Å². The van der Waals surface area contributed by atoms with Crippen LogP contribution in [0.1, 0.15) is 13.8 Å². The summed E-state index contributed by atoms with van der Waals surface area (Å²) in [4.78, 5) is 3.48. The molecule has 0 bridgehead atoms. The quantitative estimate of drug-likeness (QED) is 0.600. The van der Waals surface area contributed by atoms with Crippen LogP contribution >= 0.6 is 0 Å². The molecular formula is C7H11FN2. The highest BCUT2D eigenvalue weighted by atomic mass is 19.1. The Morgan fingerprint density at radius 1 is 1.50 bits per heavy atom. The monoisotopic (exact) mass is 142 g/mol. The van der Waals surface area contributed by atoms with E-state index in [4.69, 9.17) is 5.73 Å². The molecule has 1 heterocycles. The Morgan fingerprint density at radius 2 is 2.10 bits per heavy atom. The van der Waals surface area contributed by atoms with E-state index in [0.717, 1.165) is 0 Å². The zero-order valence-corrected chi connectivity index (χ0v) is 6.13. The number of aromatic nitrogens is 1. The SMILES string of the molecule is CC.Nc1ncccc1F. The number of hydrogen-bond acceptors (Lipinski definition) is 2. The van der Waals surface area contributed by atoms with Gasteiger partial charge in [-0.25, -0.2) is 9.37 Å². The molecule has 0 aromatic carbocycles. The van der Waals surface area contributed by atoms with Crippen LogP contribution in [0, 0.1) is 5.82 Å². The first kappa shape index (κ1) is 8.88. The van der Waals surface area contributed by atoms with E-state index in [2.05, 4.69) is 4.98 Å². The average molecular weight is 142 g/mol. The summed E-state index contributed by atoms with van der Waals surface area (Å²) in [5.74, 6) is -0.514. The van der Waals surface area contributed by atoms with E-state index in [0.29, 0.717) is 0 Å². The lowest BCUT2D eigenvalue weighted by Crippen LogP contribution is -1.91. The van der Waals surface area contributed by atoms with Gasteiger partial charge in [-0.3, -0.25) is 0 Å². The minimum atomic E-state index is -0.465. The molecule has 56 valence electrons. The van der Waals surface area contributed by atoms with Crippen LogP contribution in [0.5, 0.6) is 0 Å². The largest absolute Gasteiger partial charge is 0.381 e. The van der Waals surface area contributed by atoms with Gasteiger partial charge >= 0.3 is 0 Å². The van der Waals surface area contributed by atoms with Crippen LogP contribution < -0.4 is 5.73 Å². The first-order valence-corrected chi connectivity index (χ1v) is 3.16. The van der Waals surface area contributed by atoms with Gasteiger partial charge in [-0.2, -0.15) is 0 Å². The lowest BCUT2D eigenvalue weighted by molar-refractivity contribution is 0.627. The Kier molecular flexibility index (Phi) is 4.20. The maximum atomic E-state index is 12.1. The molecule has 0 aliphatic heterocycles. The van der Waals surface area contributed by atoms with Crippen molar-refractivity contribution in [2.45, 2.75) is 13.8 Å². The number of halogens is 1. The first-order valence-electron chi connectivity index (χ1n) is 3.16. The van der Waals surface area contributed by atoms with E-state index >= 15 is 0 Å². The first-order chi connectivity index (χ1) is 4.80. The normalized spacial score (nSPS) is 7.90. The third kappa shape index (κ3) is 2.44. The van der Waals surface area contributed by atoms with E-state index in [1.807, 2.05) is 13.8 Å². The highest BCUT2D eigenvalue weighted by molar-refractivity contribution is 5.27. The summed E-state index contributed by atoms with van der Waals surface area (Å²) in [6.07, 6.45) is 1.44. The standard InChI is InChI=1S/C5H5FN2.C2H6/c6-4-2-1-3-8-5(4)7;1-2/h1-3H,(H2,7,8);1-2H3. The van der Waals surface area contributed by atoms with E-state index < -0.39 is 5.82 Å². The van der Waals surface area contributed by atoms with Crippen molar-refractivity contribution in [1.82, 2.24) is 4.98 Å². The predicted molar refractivity (Wildman–Crippen MR) is 40.0 cm³/mol. The molecule has 0 saturated carbocycles. The molecule has 1 aromatic heterocycles. The van der Waals surface area contributed by atoms with Crippen LogP contribution in [0.15, 0.2) is 18.3 Å². The van der Waals surface area contributed by atoms with Gasteiger partial charge in [0.2, 0.25) is 0 Å². The highest BCUT2D eigenvalue weighted by Crippen LogP contribution is 2.01. The van der Waals surface area contributed by atoms with Gasteiger partial charge in [0.1, 0.15) is 0 Å². The molecule has 0 aliphatic rings. The van der Waals surface area contributed by atoms with Crippen molar-refractivity contribution < 1.29 is 4.39 Å². The fourth-order valence-electron chi connectivity index (χ4n) is 0.398. The van der Waals surface area contributed by atoms with E-state index in [1.165, 1.54) is 18.3 Å². The number of rotatable bonds is 0. The van der Waals surface area contributed by atoms with Gasteiger partial charge in [-0.15, -0.1) is 0 Å². The summed E-state index contributed by atoms with van der Waals surface area (Å²) in [5, 5.41) is 0. The zero-order chi connectivity index (χ0) is 7.98. The van der Waals surface area contributed by atoms with Crippen LogP contribution in [0.4, 0.5) is 10.2 Å². The molecule has 2 nitrogen and oxygen atoms in total. The molecule has 1 rings (SSSR count). The molecule has 0 saturated heterocycles. The second-order valence-electron chi connectivity index (χ2n) is 1.37. The molecule has 10 heavy (non-hydrogen) atoms. The van der Waals surface area contributed by atoms with Gasteiger partial charge in [0, 0.05) is 6.20 Å². The maximum Gasteiger partial charge on any atom is 0.165 e. The fourth-order valence-corrected chi connectivity index (χ4v) is 0.398. The number of nitrogens with zero attached hydrogens (tertiary/aromatic N) is 1. The van der Waals surface area contributed by atoms with Crippen molar-refractivity contribution in [2.75, 3.05) is 5.73 Å². The van der Waals surface area contributed by atoms with Crippen molar-refractivity contribution in [3.8, 4) is 0 Å². The third-order valence-corrected chi connectivity index (χ3v) is 0.787. The maximum absolute atomic E-state index is 12.1. The molecular weight excluding hydrogens is 131 g/mol. The van der Waals surface area contributed by atoms with Crippen LogP contribution in [-0.2, 0) is 0 Å². The average Bonchev–Trinajstić information content (AvgIpc) is 2.00. The molecule has 1 aromatic rings. The van der Waals surface area contributed by atoms with Crippen molar-refractivity contribution in [1.29, 1.82) is 0 Å². The lowest BCUT2D eigenvalue weighted by atomic mass is 10.4. The minimum absolute atomic E-state index is 0.0486. The van der Waals surface area contributed by atoms with Crippen molar-refractivity contribution in [3.63, 3.8) is 0 Å². The van der Waals surface area contributed by atoms with Gasteiger partial charge < -0.3 is 5.73 Å². The summed E-state index contributed by atoms with van der Waals surface area (Å²) >= 11 is 0. The molecule has 0 amide bonds. The Labute approximate surface area is 59.9 Å². The van der Waals surface area contributed by atoms with Crippen LogP contribution in [0.25, 0.3) is 0 Å². The van der Waals surface area contributed by atoms with Crippen LogP contribution in [-0.4, -0.2) is 4.98 Å². The van der Waals surface area contributed by atoms with E-state index in [9.17, 15) is 4.39 Å². The number of anilines is 1. The topological polar surface area (TPSA) is 38.9 Å². The Balaban J connectivity index is 0.000000371. The second-order valence-corrected chi connectivity index (χ2v) is 1.37. The minimum Gasteiger partial charge on any atom is -0.381 e. The Morgan fingerprint density at radius 3 is 2.40 bits per heavy atom. The Bertz CT molecular complexity index is 168. The highest BCUT2D eigenvalue weighted by Gasteiger charge is 1.91. The lowest BCUT2D eigenvalue weighted by Gasteiger charge is -1.88. The molecule has 3 heteroatoms. The summed E-state index contributed by atoms with van der Waals surface area (Å²) in [5.41, 5.74) is 5.03. The summed E-state index contributed by atoms with van der Waals surface area (Å²) in [6.45, 7) is 4.00. The molecule has 0 radical (unpaired) electrons. The van der Waals surface area contributed by atoms with Crippen molar-refractivity contribution >= 4 is 5.82 Å². The molecule has 0 aliphatic carbocycles. The number of nitrogens with two attached hydrogens (primary N) is 1. The fraction of sp³-hybridized carbons (Fsp3) is 0.286. The predicted octanol–water partition coefficient (Wildman–Crippen LogP) is 1.83. The third-order valence-electron chi connectivity index (χ3n) is 0.787. The van der Waals surface area contributed by atoms with Crippen molar-refractivity contribution in [3.05, 3.63) is 24.1 Å². The molecule has 0 unspecified atom stereocenters. The smallest absolute Gasteiger partial charge is 0.165 e. The van der Waals surface area contributed by atoms with Crippen LogP contribution in [0.3, 0.4) is 0 Å². The van der Waals surface area contributed by atoms with Gasteiger partial charge in [-0.1, -0.05) is 13.8 Å². The molecule has 2 N–H and O–H groups in total. The summed E-state index contributed by atoms with van der Waals surface area (Å²) in [7, 11) is 0. The molecule has 0 atom stereocenters. The van der Waals surface area contributed by atoms with Gasteiger partial charge in [0.05, 0.1) is 0 Å². The Hall–Kier alpha value is -1.12. The van der Waals surface area contributed by atoms with E-state index in [1.54, 1.807) is 0 Å². The van der Waals surface area contributed by atoms with Gasteiger partial charge in [-0.05, 0) is 12.1 Å². The molecule has 0 fully saturated rings. The number of nitrogen functional groups attached to an aromatic ring is 1. The molecule has 0 spiro atoms. The zero-order valence-electron chi connectivity index (χ0n) is 6.13. The van der Waals surface area contributed by atoms with Gasteiger partial charge in [0.15, 0.2) is 11.6 Å². The summed E-state index contributed by atoms with van der Waals surface area (Å²) < 4.78 is 12.1.